The molecule has 0 aliphatic carbocycles. The summed E-state index contributed by atoms with van der Waals surface area (Å²) >= 11 is 0. The Morgan fingerprint density at radius 3 is 1.96 bits per heavy atom. The van der Waals surface area contributed by atoms with Crippen LogP contribution in [0.15, 0.2) is 18.2 Å². The molecule has 11 heteroatoms. The van der Waals surface area contributed by atoms with Crippen molar-refractivity contribution in [3.05, 3.63) is 29.3 Å². The van der Waals surface area contributed by atoms with Crippen LogP contribution in [-0.2, 0) is 21.9 Å². The van der Waals surface area contributed by atoms with E-state index in [2.05, 4.69) is 5.32 Å². The average Bonchev–Trinajstić information content (AvgIpc) is 2.56. The molecule has 28 heavy (non-hydrogen) atoms. The molecule has 0 radical (unpaired) electrons. The Morgan fingerprint density at radius 1 is 1.00 bits per heavy atom. The van der Waals surface area contributed by atoms with Crippen LogP contribution in [0.25, 0.3) is 0 Å². The number of carbonyl (C=O) groups is 2. The number of unbranched alkanes of at least 4 members (excludes halogenated alkanes) is 1. The van der Waals surface area contributed by atoms with Crippen molar-refractivity contribution in [1.82, 2.24) is 5.32 Å². The van der Waals surface area contributed by atoms with Gasteiger partial charge in [0.25, 0.3) is 0 Å². The van der Waals surface area contributed by atoms with Crippen LogP contribution in [0.3, 0.4) is 0 Å². The molecule has 0 aromatic heterocycles. The number of benzene rings is 1. The monoisotopic (exact) mass is 414 g/mol. The topological polar surface area (TPSA) is 67.4 Å². The maximum Gasteiger partial charge on any atom is 0.416 e. The summed E-state index contributed by atoms with van der Waals surface area (Å²) in [6.07, 6.45) is -8.63. The van der Waals surface area contributed by atoms with Crippen molar-refractivity contribution in [3.63, 3.8) is 0 Å². The SMILES string of the molecule is CCCCC(NC(=O)Nc1cc(C(F)(F)F)cc(C(F)(F)F)c1)C(=O)OCC. The number of halogens is 6. The molecule has 0 aliphatic rings. The van der Waals surface area contributed by atoms with Gasteiger partial charge in [-0.15, -0.1) is 0 Å². The summed E-state index contributed by atoms with van der Waals surface area (Å²) in [5.41, 5.74) is -3.84. The van der Waals surface area contributed by atoms with Gasteiger partial charge in [-0.25, -0.2) is 9.59 Å². The van der Waals surface area contributed by atoms with Gasteiger partial charge >= 0.3 is 24.4 Å². The van der Waals surface area contributed by atoms with E-state index in [0.29, 0.717) is 25.0 Å². The van der Waals surface area contributed by atoms with Crippen LogP contribution in [0.2, 0.25) is 0 Å². The number of carbonyl (C=O) groups excluding carboxylic acids is 2. The summed E-state index contributed by atoms with van der Waals surface area (Å²) in [5, 5.41) is 4.13. The predicted octanol–water partition coefficient (Wildman–Crippen LogP) is 4.97. The molecule has 1 aromatic carbocycles. The molecular formula is C17H20F6N2O3. The molecule has 1 rings (SSSR count). The quantitative estimate of drug-likeness (QED) is 0.489. The molecule has 2 amide bonds. The van der Waals surface area contributed by atoms with Crippen LogP contribution in [-0.4, -0.2) is 24.6 Å². The number of urea groups is 1. The fraction of sp³-hybridized carbons (Fsp3) is 0.529. The maximum atomic E-state index is 12.9. The highest BCUT2D eigenvalue weighted by atomic mass is 19.4. The molecule has 0 aliphatic heterocycles. The first-order valence-corrected chi connectivity index (χ1v) is 8.42. The Kier molecular flexibility index (Phi) is 8.13. The number of hydrogen-bond acceptors (Lipinski definition) is 3. The van der Waals surface area contributed by atoms with Gasteiger partial charge in [-0.2, -0.15) is 26.3 Å². The van der Waals surface area contributed by atoms with Crippen molar-refractivity contribution in [3.8, 4) is 0 Å². The highest BCUT2D eigenvalue weighted by Gasteiger charge is 2.37. The number of rotatable bonds is 7. The number of amides is 2. The lowest BCUT2D eigenvalue weighted by Gasteiger charge is -2.18. The number of ether oxygens (including phenoxy) is 1. The summed E-state index contributed by atoms with van der Waals surface area (Å²) in [5.74, 6) is -0.744. The molecule has 0 heterocycles. The fourth-order valence-corrected chi connectivity index (χ4v) is 2.25. The lowest BCUT2D eigenvalue weighted by atomic mass is 10.1. The van der Waals surface area contributed by atoms with E-state index in [1.54, 1.807) is 6.92 Å². The first kappa shape index (κ1) is 23.6. The second kappa shape index (κ2) is 9.65. The Hall–Kier alpha value is -2.46. The van der Waals surface area contributed by atoms with Gasteiger partial charge in [-0.3, -0.25) is 0 Å². The molecule has 158 valence electrons. The smallest absolute Gasteiger partial charge is 0.416 e. The van der Waals surface area contributed by atoms with Gasteiger partial charge in [0.1, 0.15) is 6.04 Å². The van der Waals surface area contributed by atoms with Crippen molar-refractivity contribution in [2.75, 3.05) is 11.9 Å². The van der Waals surface area contributed by atoms with E-state index in [4.69, 9.17) is 4.74 Å². The van der Waals surface area contributed by atoms with Crippen molar-refractivity contribution >= 4 is 17.7 Å². The van der Waals surface area contributed by atoms with Crippen LogP contribution in [0.5, 0.6) is 0 Å². The standard InChI is InChI=1S/C17H20F6N2O3/c1-3-5-6-13(14(26)28-4-2)25-15(27)24-12-8-10(16(18,19)20)7-11(9-12)17(21,22)23/h7-9,13H,3-6H2,1-2H3,(H2,24,25,27). The molecule has 0 spiro atoms. The number of nitrogens with one attached hydrogen (secondary N) is 2. The van der Waals surface area contributed by atoms with Gasteiger partial charge in [-0.05, 0) is 31.5 Å². The molecule has 0 saturated carbocycles. The average molecular weight is 414 g/mol. The third-order valence-electron chi connectivity index (χ3n) is 3.57. The number of alkyl halides is 6. The van der Waals surface area contributed by atoms with Crippen molar-refractivity contribution in [1.29, 1.82) is 0 Å². The van der Waals surface area contributed by atoms with Gasteiger partial charge in [0.15, 0.2) is 0 Å². The van der Waals surface area contributed by atoms with Crippen LogP contribution in [0, 0.1) is 0 Å². The fourth-order valence-electron chi connectivity index (χ4n) is 2.25. The van der Waals surface area contributed by atoms with Crippen molar-refractivity contribution in [2.24, 2.45) is 0 Å². The minimum atomic E-state index is -5.04. The number of hydrogen-bond donors (Lipinski definition) is 2. The van der Waals surface area contributed by atoms with E-state index in [0.717, 1.165) is 0 Å². The van der Waals surface area contributed by atoms with Gasteiger partial charge in [-0.1, -0.05) is 19.8 Å². The van der Waals surface area contributed by atoms with Crippen LogP contribution in [0.1, 0.15) is 44.2 Å². The van der Waals surface area contributed by atoms with Crippen LogP contribution < -0.4 is 10.6 Å². The lowest BCUT2D eigenvalue weighted by molar-refractivity contribution is -0.145. The highest BCUT2D eigenvalue weighted by molar-refractivity contribution is 5.92. The molecule has 1 aromatic rings. The van der Waals surface area contributed by atoms with E-state index in [-0.39, 0.29) is 19.1 Å². The zero-order valence-electron chi connectivity index (χ0n) is 15.1. The normalized spacial score (nSPS) is 13.0. The summed E-state index contributed by atoms with van der Waals surface area (Å²) in [6, 6.07) is -1.50. The number of anilines is 1. The largest absolute Gasteiger partial charge is 0.464 e. The van der Waals surface area contributed by atoms with Crippen molar-refractivity contribution < 1.29 is 40.7 Å². The Morgan fingerprint density at radius 2 is 1.54 bits per heavy atom. The van der Waals surface area contributed by atoms with E-state index >= 15 is 0 Å². The maximum absolute atomic E-state index is 12.9. The van der Waals surface area contributed by atoms with Crippen LogP contribution >= 0.6 is 0 Å². The Bertz CT molecular complexity index is 656. The number of esters is 1. The van der Waals surface area contributed by atoms with Gasteiger partial charge in [0.2, 0.25) is 0 Å². The van der Waals surface area contributed by atoms with E-state index in [1.165, 1.54) is 0 Å². The second-order valence-corrected chi connectivity index (χ2v) is 5.84. The van der Waals surface area contributed by atoms with Crippen LogP contribution in [0.4, 0.5) is 36.8 Å². The molecular weight excluding hydrogens is 394 g/mol. The van der Waals surface area contributed by atoms with Gasteiger partial charge < -0.3 is 15.4 Å². The van der Waals surface area contributed by atoms with E-state index in [9.17, 15) is 35.9 Å². The zero-order valence-corrected chi connectivity index (χ0v) is 15.1. The highest BCUT2D eigenvalue weighted by Crippen LogP contribution is 2.37. The molecule has 1 unspecified atom stereocenters. The molecule has 0 fully saturated rings. The van der Waals surface area contributed by atoms with Crippen molar-refractivity contribution in [2.45, 2.75) is 51.5 Å². The summed E-state index contributed by atoms with van der Waals surface area (Å²) in [4.78, 5) is 23.9. The molecule has 0 saturated heterocycles. The van der Waals surface area contributed by atoms with Gasteiger partial charge in [0.05, 0.1) is 17.7 Å². The molecule has 2 N–H and O–H groups in total. The van der Waals surface area contributed by atoms with Gasteiger partial charge in [0, 0.05) is 5.69 Å². The predicted molar refractivity (Wildman–Crippen MR) is 88.5 cm³/mol. The second-order valence-electron chi connectivity index (χ2n) is 5.84. The first-order valence-electron chi connectivity index (χ1n) is 8.42. The molecule has 1 atom stereocenters. The summed E-state index contributed by atoms with van der Waals surface area (Å²) < 4.78 is 81.9. The molecule has 0 bridgehead atoms. The Balaban J connectivity index is 3.04. The molecule has 5 nitrogen and oxygen atoms in total. The first-order chi connectivity index (χ1) is 12.9. The zero-order chi connectivity index (χ0) is 21.5. The van der Waals surface area contributed by atoms with E-state index in [1.807, 2.05) is 12.2 Å². The minimum absolute atomic E-state index is 0.0489. The minimum Gasteiger partial charge on any atom is -0.464 e. The lowest BCUT2D eigenvalue weighted by Crippen LogP contribution is -2.44. The van der Waals surface area contributed by atoms with E-state index < -0.39 is 47.2 Å². The summed E-state index contributed by atoms with van der Waals surface area (Å²) in [6.45, 7) is 3.44. The Labute approximate surface area is 157 Å². The third kappa shape index (κ3) is 7.28. The summed E-state index contributed by atoms with van der Waals surface area (Å²) in [7, 11) is 0. The third-order valence-corrected chi connectivity index (χ3v) is 3.57.